The van der Waals surface area contributed by atoms with Crippen molar-refractivity contribution in [2.45, 2.75) is 38.5 Å². The smallest absolute Gasteiger partial charge is 0.160 e. The highest BCUT2D eigenvalue weighted by Gasteiger charge is 2.40. The number of hydrogen-bond donors (Lipinski definition) is 0. The largest absolute Gasteiger partial charge is 0.309 e. The Bertz CT molecular complexity index is 4420. The number of rotatable bonds is 6. The van der Waals surface area contributed by atoms with E-state index in [2.05, 4.69) is 261 Å². The molecular weight excluding hydrogens is 897 g/mol. The van der Waals surface area contributed by atoms with Gasteiger partial charge in [-0.05, 0) is 93.0 Å². The molecule has 2 aliphatic carbocycles. The zero-order valence-electron chi connectivity index (χ0n) is 41.7. The van der Waals surface area contributed by atoms with Gasteiger partial charge in [-0.1, -0.05) is 210 Å². The first-order valence-electron chi connectivity index (χ1n) is 25.8. The normalized spacial score (nSPS) is 13.9. The van der Waals surface area contributed by atoms with Crippen LogP contribution in [-0.4, -0.2) is 19.1 Å². The maximum Gasteiger partial charge on any atom is 0.160 e. The van der Waals surface area contributed by atoms with Crippen molar-refractivity contribution < 1.29 is 0 Å². The third-order valence-corrected chi connectivity index (χ3v) is 16.5. The second-order valence-corrected chi connectivity index (χ2v) is 21.3. The van der Waals surface area contributed by atoms with Crippen LogP contribution in [0.25, 0.3) is 122 Å². The molecule has 0 bridgehead atoms. The molecule has 0 saturated heterocycles. The fraction of sp³-hybridized carbons (Fsp3) is 0.0857. The first-order valence-corrected chi connectivity index (χ1v) is 25.8. The average molecular weight is 947 g/mol. The molecular formula is C70H50N4. The van der Waals surface area contributed by atoms with Gasteiger partial charge in [-0.15, -0.1) is 0 Å². The molecule has 74 heavy (non-hydrogen) atoms. The molecule has 15 rings (SSSR count). The topological polar surface area (TPSA) is 35.6 Å². The maximum atomic E-state index is 5.40. The summed E-state index contributed by atoms with van der Waals surface area (Å²) in [6.45, 7) is 9.59. The second kappa shape index (κ2) is 15.7. The number of nitrogens with zero attached hydrogens (tertiary/aromatic N) is 4. The fourth-order valence-corrected chi connectivity index (χ4v) is 13.3. The van der Waals surface area contributed by atoms with E-state index < -0.39 is 0 Å². The van der Waals surface area contributed by atoms with Crippen molar-refractivity contribution in [3.8, 4) is 78.7 Å². The van der Waals surface area contributed by atoms with Crippen LogP contribution in [-0.2, 0) is 10.8 Å². The van der Waals surface area contributed by atoms with Gasteiger partial charge in [0.2, 0.25) is 0 Å². The Hall–Kier alpha value is -9.12. The Morgan fingerprint density at radius 3 is 1.32 bits per heavy atom. The van der Waals surface area contributed by atoms with E-state index in [1.165, 1.54) is 88.1 Å². The van der Waals surface area contributed by atoms with E-state index in [4.69, 9.17) is 9.97 Å². The molecule has 0 saturated carbocycles. The molecule has 4 heteroatoms. The molecule has 3 heterocycles. The van der Waals surface area contributed by atoms with Crippen LogP contribution >= 0.6 is 0 Å². The first kappa shape index (κ1) is 42.6. The van der Waals surface area contributed by atoms with Crippen LogP contribution in [0.15, 0.2) is 231 Å². The van der Waals surface area contributed by atoms with Crippen LogP contribution in [0.2, 0.25) is 0 Å². The van der Waals surface area contributed by atoms with Crippen molar-refractivity contribution in [3.05, 3.63) is 253 Å². The van der Waals surface area contributed by atoms with Gasteiger partial charge in [-0.3, -0.25) is 0 Å². The number of para-hydroxylation sites is 3. The number of aromatic nitrogens is 4. The van der Waals surface area contributed by atoms with Gasteiger partial charge >= 0.3 is 0 Å². The monoisotopic (exact) mass is 946 g/mol. The molecule has 350 valence electrons. The molecule has 0 amide bonds. The van der Waals surface area contributed by atoms with Crippen LogP contribution in [0.3, 0.4) is 0 Å². The highest BCUT2D eigenvalue weighted by atomic mass is 15.0. The number of fused-ring (bicyclic) bond motifs is 14. The van der Waals surface area contributed by atoms with E-state index in [-0.39, 0.29) is 10.8 Å². The Kier molecular flexibility index (Phi) is 9.02. The van der Waals surface area contributed by atoms with E-state index in [1.54, 1.807) is 0 Å². The second-order valence-electron chi connectivity index (χ2n) is 21.3. The molecule has 0 spiro atoms. The molecule has 0 aliphatic heterocycles. The molecule has 0 radical (unpaired) electrons. The SMILES string of the molecule is CC1(C)c2ccccc2-c2ccc3c(c21)c1ccccc1n3-c1ccccc1-c1cc(-c2cc(-c3ccccc3)nc(-c3ccccc3)n2)ccc1-n1c2ccccc2c2c3c(ccc21)-c1ccccc1C3(C)C. The fourth-order valence-electron chi connectivity index (χ4n) is 13.3. The van der Waals surface area contributed by atoms with E-state index in [1.807, 2.05) is 6.07 Å². The van der Waals surface area contributed by atoms with Gasteiger partial charge in [0.15, 0.2) is 5.82 Å². The summed E-state index contributed by atoms with van der Waals surface area (Å²) in [6, 6.07) is 84.4. The van der Waals surface area contributed by atoms with Gasteiger partial charge in [0.25, 0.3) is 0 Å². The Balaban J connectivity index is 1.03. The molecule has 0 unspecified atom stereocenters. The highest BCUT2D eigenvalue weighted by molar-refractivity contribution is 6.16. The summed E-state index contributed by atoms with van der Waals surface area (Å²) in [7, 11) is 0. The van der Waals surface area contributed by atoms with Crippen molar-refractivity contribution in [1.82, 2.24) is 19.1 Å². The standard InChI is InChI=1S/C70H50N4/c1-69(2)54-30-16-11-25-46(54)49-36-39-62-64(66(49)69)51-28-14-19-33-59(51)73(62)58-32-18-13-27-48(58)53-41-45(57-42-56(43-21-7-5-8-22-43)71-68(72-57)44-23-9-6-10-24-44)35-38-61(53)74-60-34-20-15-29-52(60)65-63(74)40-37-50-47-26-12-17-31-55(47)70(3,4)67(50)65/h5-42H,1-4H3. The summed E-state index contributed by atoms with van der Waals surface area (Å²) in [5, 5.41) is 5.12. The molecule has 10 aromatic carbocycles. The number of benzene rings is 10. The van der Waals surface area contributed by atoms with Gasteiger partial charge in [-0.2, -0.15) is 0 Å². The lowest BCUT2D eigenvalue weighted by Gasteiger charge is -2.23. The quantitative estimate of drug-likeness (QED) is 0.166. The summed E-state index contributed by atoms with van der Waals surface area (Å²) in [6.07, 6.45) is 0. The van der Waals surface area contributed by atoms with Crippen LogP contribution in [0.4, 0.5) is 0 Å². The number of hydrogen-bond acceptors (Lipinski definition) is 2. The minimum atomic E-state index is -0.202. The molecule has 13 aromatic rings. The summed E-state index contributed by atoms with van der Waals surface area (Å²) < 4.78 is 5.06. The van der Waals surface area contributed by atoms with Gasteiger partial charge in [0.1, 0.15) is 0 Å². The third-order valence-electron chi connectivity index (χ3n) is 16.5. The van der Waals surface area contributed by atoms with Crippen LogP contribution in [0, 0.1) is 0 Å². The van der Waals surface area contributed by atoms with Crippen LogP contribution in [0.5, 0.6) is 0 Å². The lowest BCUT2D eigenvalue weighted by molar-refractivity contribution is 0.666. The van der Waals surface area contributed by atoms with Crippen molar-refractivity contribution in [2.24, 2.45) is 0 Å². The lowest BCUT2D eigenvalue weighted by atomic mass is 9.80. The molecule has 0 atom stereocenters. The van der Waals surface area contributed by atoms with E-state index in [9.17, 15) is 0 Å². The van der Waals surface area contributed by atoms with Crippen molar-refractivity contribution >= 4 is 43.6 Å². The molecule has 0 N–H and O–H groups in total. The molecule has 3 aromatic heterocycles. The van der Waals surface area contributed by atoms with Gasteiger partial charge < -0.3 is 9.13 Å². The third kappa shape index (κ3) is 5.97. The highest BCUT2D eigenvalue weighted by Crippen LogP contribution is 2.56. The van der Waals surface area contributed by atoms with Crippen molar-refractivity contribution in [1.29, 1.82) is 0 Å². The van der Waals surface area contributed by atoms with E-state index in [0.717, 1.165) is 50.6 Å². The maximum absolute atomic E-state index is 5.40. The van der Waals surface area contributed by atoms with Crippen LogP contribution < -0.4 is 0 Å². The molecule has 0 fully saturated rings. The van der Waals surface area contributed by atoms with E-state index >= 15 is 0 Å². The summed E-state index contributed by atoms with van der Waals surface area (Å²) >= 11 is 0. The molecule has 4 nitrogen and oxygen atoms in total. The predicted octanol–water partition coefficient (Wildman–Crippen LogP) is 18.0. The van der Waals surface area contributed by atoms with Gasteiger partial charge in [0, 0.05) is 60.2 Å². The summed E-state index contributed by atoms with van der Waals surface area (Å²) in [5.41, 5.74) is 24.3. The van der Waals surface area contributed by atoms with Gasteiger partial charge in [-0.25, -0.2) is 9.97 Å². The van der Waals surface area contributed by atoms with E-state index in [0.29, 0.717) is 5.82 Å². The van der Waals surface area contributed by atoms with Gasteiger partial charge in [0.05, 0.1) is 44.8 Å². The van der Waals surface area contributed by atoms with Crippen LogP contribution in [0.1, 0.15) is 49.9 Å². The average Bonchev–Trinajstić information content (AvgIpc) is 4.17. The Morgan fingerprint density at radius 1 is 0.311 bits per heavy atom. The van der Waals surface area contributed by atoms with Crippen molar-refractivity contribution in [3.63, 3.8) is 0 Å². The lowest BCUT2D eigenvalue weighted by Crippen LogP contribution is -2.15. The molecule has 2 aliphatic rings. The summed E-state index contributed by atoms with van der Waals surface area (Å²) in [5.74, 6) is 0.690. The Morgan fingerprint density at radius 2 is 0.757 bits per heavy atom. The minimum absolute atomic E-state index is 0.192. The zero-order chi connectivity index (χ0) is 49.5. The minimum Gasteiger partial charge on any atom is -0.309 e. The van der Waals surface area contributed by atoms with Crippen molar-refractivity contribution in [2.75, 3.05) is 0 Å². The zero-order valence-corrected chi connectivity index (χ0v) is 41.7. The summed E-state index contributed by atoms with van der Waals surface area (Å²) in [4.78, 5) is 10.6. The Labute approximate surface area is 430 Å². The predicted molar refractivity (Wildman–Crippen MR) is 308 cm³/mol. The first-order chi connectivity index (χ1) is 36.3.